The third-order valence-electron chi connectivity index (χ3n) is 5.69. The van der Waals surface area contributed by atoms with Gasteiger partial charge in [0.05, 0.1) is 18.4 Å². The van der Waals surface area contributed by atoms with Gasteiger partial charge in [-0.2, -0.15) is 4.98 Å². The Morgan fingerprint density at radius 2 is 2.00 bits per heavy atom. The molecule has 2 aromatic heterocycles. The number of halogens is 2. The lowest BCUT2D eigenvalue weighted by atomic mass is 10.0. The van der Waals surface area contributed by atoms with E-state index in [2.05, 4.69) is 33.3 Å². The summed E-state index contributed by atoms with van der Waals surface area (Å²) in [5.74, 6) is -3.05. The van der Waals surface area contributed by atoms with Crippen LogP contribution in [0.3, 0.4) is 0 Å². The quantitative estimate of drug-likeness (QED) is 0.529. The molecule has 1 fully saturated rings. The van der Waals surface area contributed by atoms with Crippen LogP contribution in [0, 0.1) is 0 Å². The topological polar surface area (TPSA) is 75.8 Å². The summed E-state index contributed by atoms with van der Waals surface area (Å²) in [6, 6.07) is 13.7. The molecule has 1 atom stereocenters. The van der Waals surface area contributed by atoms with E-state index < -0.39 is 12.0 Å². The van der Waals surface area contributed by atoms with Crippen LogP contribution in [0.1, 0.15) is 17.7 Å². The van der Waals surface area contributed by atoms with E-state index in [0.717, 1.165) is 22.0 Å². The second-order valence-electron chi connectivity index (χ2n) is 7.96. The molecule has 0 bridgehead atoms. The zero-order valence-electron chi connectivity index (χ0n) is 16.9. The summed E-state index contributed by atoms with van der Waals surface area (Å²) in [6.07, 6.45) is 1.89. The predicted molar refractivity (Wildman–Crippen MR) is 111 cm³/mol. The molecule has 3 heterocycles. The van der Waals surface area contributed by atoms with Crippen molar-refractivity contribution >= 4 is 16.4 Å². The van der Waals surface area contributed by atoms with Gasteiger partial charge in [0, 0.05) is 18.9 Å². The average molecular weight is 425 g/mol. The Morgan fingerprint density at radius 3 is 2.81 bits per heavy atom. The van der Waals surface area contributed by atoms with Crippen LogP contribution in [0.2, 0.25) is 0 Å². The summed E-state index contributed by atoms with van der Waals surface area (Å²) in [5, 5.41) is 16.9. The van der Waals surface area contributed by atoms with E-state index in [1.807, 2.05) is 24.3 Å². The van der Waals surface area contributed by atoms with Gasteiger partial charge in [0.25, 0.3) is 11.8 Å². The minimum Gasteiger partial charge on any atom is -0.490 e. The van der Waals surface area contributed by atoms with Gasteiger partial charge in [0.1, 0.15) is 6.61 Å². The molecule has 5 rings (SSSR count). The molecule has 160 valence electrons. The van der Waals surface area contributed by atoms with Gasteiger partial charge in [0.2, 0.25) is 5.65 Å². The molecule has 7 nitrogen and oxygen atoms in total. The van der Waals surface area contributed by atoms with E-state index in [1.54, 1.807) is 18.1 Å². The standard InChI is InChI=1S/C22H21F2N5O2/c1-28-13-22(23,24)10-17(28)12-31-21-26-20(30)19-25-11-16(29(19)27-21)9-15-7-4-6-14-5-2-3-8-18(14)15/h2-8,11,17H,9-10,12-13H2,1H3,(H,26,27,30)/t17-/m0/s1. The van der Waals surface area contributed by atoms with Crippen molar-refractivity contribution in [2.75, 3.05) is 20.2 Å². The smallest absolute Gasteiger partial charge is 0.337 e. The van der Waals surface area contributed by atoms with Gasteiger partial charge in [-0.15, -0.1) is 5.10 Å². The molecule has 9 heteroatoms. The highest BCUT2D eigenvalue weighted by Gasteiger charge is 2.43. The maximum Gasteiger partial charge on any atom is 0.337 e. The van der Waals surface area contributed by atoms with E-state index in [9.17, 15) is 13.9 Å². The summed E-state index contributed by atoms with van der Waals surface area (Å²) < 4.78 is 34.3. The summed E-state index contributed by atoms with van der Waals surface area (Å²) in [7, 11) is 1.63. The van der Waals surface area contributed by atoms with Crippen molar-refractivity contribution in [3.05, 3.63) is 59.9 Å². The van der Waals surface area contributed by atoms with Crippen molar-refractivity contribution in [3.63, 3.8) is 0 Å². The number of likely N-dealkylation sites (tertiary alicyclic amines) is 1. The normalized spacial score (nSPS) is 18.7. The maximum absolute atomic E-state index is 13.6. The molecule has 1 saturated heterocycles. The van der Waals surface area contributed by atoms with Crippen LogP contribution >= 0.6 is 0 Å². The first-order valence-corrected chi connectivity index (χ1v) is 10.0. The monoisotopic (exact) mass is 425 g/mol. The Bertz CT molecular complexity index is 1250. The van der Waals surface area contributed by atoms with Crippen LogP contribution in [0.15, 0.2) is 48.7 Å². The highest BCUT2D eigenvalue weighted by Crippen LogP contribution is 2.31. The minimum atomic E-state index is -2.73. The fourth-order valence-electron chi connectivity index (χ4n) is 4.13. The number of alkyl halides is 2. The van der Waals surface area contributed by atoms with Crippen molar-refractivity contribution in [2.45, 2.75) is 24.8 Å². The Morgan fingerprint density at radius 1 is 1.19 bits per heavy atom. The molecular weight excluding hydrogens is 404 g/mol. The Hall–Kier alpha value is -3.33. The molecule has 2 aromatic carbocycles. The lowest BCUT2D eigenvalue weighted by Gasteiger charge is -2.17. The predicted octanol–water partition coefficient (Wildman–Crippen LogP) is 3.29. The van der Waals surface area contributed by atoms with Crippen molar-refractivity contribution in [1.29, 1.82) is 0 Å². The van der Waals surface area contributed by atoms with Gasteiger partial charge in [-0.25, -0.2) is 18.3 Å². The first kappa shape index (κ1) is 19.6. The van der Waals surface area contributed by atoms with Crippen LogP contribution < -0.4 is 4.74 Å². The third-order valence-corrected chi connectivity index (χ3v) is 5.69. The molecule has 1 N–H and O–H groups in total. The number of rotatable bonds is 5. The van der Waals surface area contributed by atoms with Crippen LogP contribution in [0.5, 0.6) is 11.9 Å². The number of nitrogens with zero attached hydrogens (tertiary/aromatic N) is 5. The second-order valence-corrected chi connectivity index (χ2v) is 7.96. The molecule has 0 radical (unpaired) electrons. The van der Waals surface area contributed by atoms with Gasteiger partial charge < -0.3 is 9.84 Å². The number of hydrogen-bond acceptors (Lipinski definition) is 6. The van der Waals surface area contributed by atoms with Gasteiger partial charge >= 0.3 is 6.01 Å². The second kappa shape index (κ2) is 7.42. The van der Waals surface area contributed by atoms with E-state index in [0.29, 0.717) is 6.42 Å². The van der Waals surface area contributed by atoms with Crippen LogP contribution in [-0.2, 0) is 6.42 Å². The van der Waals surface area contributed by atoms with Crippen molar-refractivity contribution < 1.29 is 18.6 Å². The lowest BCUT2D eigenvalue weighted by molar-refractivity contribution is 0.0136. The Labute approximate surface area is 176 Å². The number of ether oxygens (including phenoxy) is 1. The highest BCUT2D eigenvalue weighted by molar-refractivity contribution is 5.85. The zero-order valence-corrected chi connectivity index (χ0v) is 16.9. The van der Waals surface area contributed by atoms with Crippen molar-refractivity contribution in [2.24, 2.45) is 0 Å². The number of likely N-dealkylation sites (N-methyl/N-ethyl adjacent to an activating group) is 1. The SMILES string of the molecule is CN1CC(F)(F)C[C@H]1COc1nc(O)c2ncc(Cc3cccc4ccccc34)n2n1. The van der Waals surface area contributed by atoms with E-state index >= 15 is 0 Å². The highest BCUT2D eigenvalue weighted by atomic mass is 19.3. The van der Waals surface area contributed by atoms with Crippen molar-refractivity contribution in [3.8, 4) is 11.9 Å². The molecule has 0 unspecified atom stereocenters. The van der Waals surface area contributed by atoms with Gasteiger partial charge in [0.15, 0.2) is 0 Å². The fourth-order valence-corrected chi connectivity index (χ4v) is 4.13. The van der Waals surface area contributed by atoms with Crippen LogP contribution in [-0.4, -0.2) is 61.8 Å². The molecule has 0 amide bonds. The van der Waals surface area contributed by atoms with Crippen LogP contribution in [0.25, 0.3) is 16.4 Å². The maximum atomic E-state index is 13.6. The lowest BCUT2D eigenvalue weighted by Crippen LogP contribution is -2.31. The van der Waals surface area contributed by atoms with Gasteiger partial charge in [-0.1, -0.05) is 42.5 Å². The third kappa shape index (κ3) is 3.76. The Balaban J connectivity index is 1.42. The summed E-state index contributed by atoms with van der Waals surface area (Å²) in [6.45, 7) is -0.298. The molecular formula is C22H21F2N5O2. The first-order chi connectivity index (χ1) is 14.9. The number of benzene rings is 2. The fraction of sp³-hybridized carbons (Fsp3) is 0.318. The van der Waals surface area contributed by atoms with Gasteiger partial charge in [-0.05, 0) is 23.4 Å². The summed E-state index contributed by atoms with van der Waals surface area (Å²) in [4.78, 5) is 9.71. The van der Waals surface area contributed by atoms with E-state index in [1.165, 1.54) is 4.52 Å². The number of aromatic hydroxyl groups is 1. The average Bonchev–Trinajstić information content (AvgIpc) is 3.26. The molecule has 0 saturated carbocycles. The van der Waals surface area contributed by atoms with Crippen molar-refractivity contribution in [1.82, 2.24) is 24.5 Å². The molecule has 0 spiro atoms. The number of fused-ring (bicyclic) bond motifs is 2. The molecule has 4 aromatic rings. The zero-order chi connectivity index (χ0) is 21.6. The molecule has 1 aliphatic heterocycles. The molecule has 31 heavy (non-hydrogen) atoms. The Kier molecular flexibility index (Phi) is 4.70. The first-order valence-electron chi connectivity index (χ1n) is 10.0. The van der Waals surface area contributed by atoms with E-state index in [4.69, 9.17) is 4.74 Å². The molecule has 0 aliphatic carbocycles. The number of hydrogen-bond donors (Lipinski definition) is 1. The minimum absolute atomic E-state index is 0.00436. The molecule has 1 aliphatic rings. The summed E-state index contributed by atoms with van der Waals surface area (Å²) >= 11 is 0. The van der Waals surface area contributed by atoms with E-state index in [-0.39, 0.29) is 37.1 Å². The van der Waals surface area contributed by atoms with Crippen LogP contribution in [0.4, 0.5) is 8.78 Å². The number of aromatic nitrogens is 4. The summed E-state index contributed by atoms with van der Waals surface area (Å²) in [5.41, 5.74) is 2.06. The largest absolute Gasteiger partial charge is 0.490 e. The van der Waals surface area contributed by atoms with Gasteiger partial charge in [-0.3, -0.25) is 4.90 Å². The number of imidazole rings is 1.